The smallest absolute Gasteiger partial charge is 0.119 e. The first kappa shape index (κ1) is 14.4. The number of methoxy groups -OCH3 is 1. The Labute approximate surface area is 126 Å². The van der Waals surface area contributed by atoms with Gasteiger partial charge in [-0.1, -0.05) is 39.7 Å². The van der Waals surface area contributed by atoms with Crippen LogP contribution in [0.25, 0.3) is 0 Å². The Morgan fingerprint density at radius 3 is 2.53 bits per heavy atom. The van der Waals surface area contributed by atoms with E-state index < -0.39 is 6.10 Å². The maximum atomic E-state index is 10.3. The van der Waals surface area contributed by atoms with Crippen molar-refractivity contribution in [3.63, 3.8) is 0 Å². The first-order chi connectivity index (χ1) is 9.10. The van der Waals surface area contributed by atoms with Gasteiger partial charge in [-0.25, -0.2) is 0 Å². The van der Waals surface area contributed by atoms with Crippen LogP contribution in [0.5, 0.6) is 5.75 Å². The average Bonchev–Trinajstić information content (AvgIpc) is 2.42. The van der Waals surface area contributed by atoms with Crippen LogP contribution in [0.2, 0.25) is 5.02 Å². The summed E-state index contributed by atoms with van der Waals surface area (Å²) in [5.74, 6) is 0.730. The summed E-state index contributed by atoms with van der Waals surface area (Å²) in [5, 5.41) is 11.0. The molecule has 0 amide bonds. The van der Waals surface area contributed by atoms with Gasteiger partial charge in [-0.3, -0.25) is 0 Å². The molecule has 0 radical (unpaired) electrons. The maximum Gasteiger partial charge on any atom is 0.119 e. The number of aliphatic hydroxyl groups excluding tert-OH is 1. The molecular weight excluding hydrogens is 328 g/mol. The number of hydrogen-bond donors (Lipinski definition) is 1. The molecule has 0 saturated heterocycles. The zero-order chi connectivity index (χ0) is 13.8. The molecule has 0 aliphatic carbocycles. The molecule has 19 heavy (non-hydrogen) atoms. The van der Waals surface area contributed by atoms with Gasteiger partial charge in [0.15, 0.2) is 0 Å². The summed E-state index contributed by atoms with van der Waals surface area (Å²) in [6.07, 6.45) is -0.0613. The fourth-order valence-electron chi connectivity index (χ4n) is 1.86. The molecule has 0 aliphatic rings. The van der Waals surface area contributed by atoms with Gasteiger partial charge in [0.1, 0.15) is 5.75 Å². The molecule has 0 aromatic heterocycles. The van der Waals surface area contributed by atoms with E-state index in [0.717, 1.165) is 21.3 Å². The van der Waals surface area contributed by atoms with E-state index in [1.807, 2.05) is 42.5 Å². The topological polar surface area (TPSA) is 29.5 Å². The van der Waals surface area contributed by atoms with Gasteiger partial charge in [0.2, 0.25) is 0 Å². The third-order valence-electron chi connectivity index (χ3n) is 2.90. The van der Waals surface area contributed by atoms with Crippen LogP contribution in [0.1, 0.15) is 17.2 Å². The van der Waals surface area contributed by atoms with E-state index in [0.29, 0.717) is 11.4 Å². The van der Waals surface area contributed by atoms with Crippen molar-refractivity contribution in [2.75, 3.05) is 7.11 Å². The molecule has 0 fully saturated rings. The number of halogens is 2. The molecule has 0 aliphatic heterocycles. The van der Waals surface area contributed by atoms with E-state index in [2.05, 4.69) is 15.9 Å². The van der Waals surface area contributed by atoms with Crippen LogP contribution in [0.15, 0.2) is 46.9 Å². The van der Waals surface area contributed by atoms with E-state index in [9.17, 15) is 5.11 Å². The summed E-state index contributed by atoms with van der Waals surface area (Å²) in [7, 11) is 1.61. The van der Waals surface area contributed by atoms with Crippen LogP contribution in [0, 0.1) is 0 Å². The predicted octanol–water partition coefficient (Wildman–Crippen LogP) is 4.39. The first-order valence-corrected chi connectivity index (χ1v) is 7.03. The molecule has 100 valence electrons. The highest BCUT2D eigenvalue weighted by Gasteiger charge is 2.13. The van der Waals surface area contributed by atoms with Gasteiger partial charge < -0.3 is 9.84 Å². The van der Waals surface area contributed by atoms with Gasteiger partial charge in [-0.2, -0.15) is 0 Å². The van der Waals surface area contributed by atoms with E-state index in [1.165, 1.54) is 0 Å². The van der Waals surface area contributed by atoms with E-state index >= 15 is 0 Å². The van der Waals surface area contributed by atoms with Crippen molar-refractivity contribution in [1.29, 1.82) is 0 Å². The number of ether oxygens (including phenoxy) is 1. The lowest BCUT2D eigenvalue weighted by molar-refractivity contribution is 0.177. The van der Waals surface area contributed by atoms with Gasteiger partial charge in [0.05, 0.1) is 13.2 Å². The molecule has 0 saturated carbocycles. The molecule has 1 atom stereocenters. The Hall–Kier alpha value is -1.03. The summed E-state index contributed by atoms with van der Waals surface area (Å²) in [4.78, 5) is 0. The van der Waals surface area contributed by atoms with Crippen LogP contribution in [-0.2, 0) is 6.42 Å². The van der Waals surface area contributed by atoms with Gasteiger partial charge in [0.25, 0.3) is 0 Å². The Balaban J connectivity index is 2.19. The van der Waals surface area contributed by atoms with Crippen molar-refractivity contribution in [3.05, 3.63) is 63.1 Å². The van der Waals surface area contributed by atoms with Gasteiger partial charge in [-0.05, 0) is 41.5 Å². The zero-order valence-electron chi connectivity index (χ0n) is 10.4. The Morgan fingerprint density at radius 1 is 1.21 bits per heavy atom. The summed E-state index contributed by atoms with van der Waals surface area (Å²) < 4.78 is 6.05. The molecule has 0 heterocycles. The number of hydrogen-bond acceptors (Lipinski definition) is 2. The molecule has 1 N–H and O–H groups in total. The van der Waals surface area contributed by atoms with Crippen LogP contribution < -0.4 is 4.74 Å². The minimum atomic E-state index is -0.592. The molecule has 1 unspecified atom stereocenters. The Morgan fingerprint density at radius 2 is 1.89 bits per heavy atom. The van der Waals surface area contributed by atoms with Crippen LogP contribution in [0.4, 0.5) is 0 Å². The lowest BCUT2D eigenvalue weighted by atomic mass is 10.0. The molecule has 0 spiro atoms. The van der Waals surface area contributed by atoms with E-state index in [-0.39, 0.29) is 0 Å². The molecule has 2 rings (SSSR count). The van der Waals surface area contributed by atoms with Crippen LogP contribution in [-0.4, -0.2) is 12.2 Å². The second-order valence-electron chi connectivity index (χ2n) is 4.23. The fourth-order valence-corrected chi connectivity index (χ4v) is 2.49. The van der Waals surface area contributed by atoms with Crippen molar-refractivity contribution in [3.8, 4) is 5.75 Å². The van der Waals surface area contributed by atoms with Crippen molar-refractivity contribution in [1.82, 2.24) is 0 Å². The van der Waals surface area contributed by atoms with Crippen molar-refractivity contribution >= 4 is 27.5 Å². The molecule has 4 heteroatoms. The minimum Gasteiger partial charge on any atom is -0.497 e. The third kappa shape index (κ3) is 3.72. The Bertz CT molecular complexity index is 555. The number of benzene rings is 2. The molecule has 2 aromatic rings. The van der Waals surface area contributed by atoms with Crippen molar-refractivity contribution in [2.24, 2.45) is 0 Å². The van der Waals surface area contributed by atoms with Crippen LogP contribution in [0.3, 0.4) is 0 Å². The second kappa shape index (κ2) is 6.42. The highest BCUT2D eigenvalue weighted by molar-refractivity contribution is 9.10. The maximum absolute atomic E-state index is 10.3. The second-order valence-corrected chi connectivity index (χ2v) is 5.52. The fraction of sp³-hybridized carbons (Fsp3) is 0.200. The normalized spacial score (nSPS) is 12.2. The molecule has 0 bridgehead atoms. The third-order valence-corrected chi connectivity index (χ3v) is 3.88. The zero-order valence-corrected chi connectivity index (χ0v) is 12.8. The largest absolute Gasteiger partial charge is 0.497 e. The highest BCUT2D eigenvalue weighted by Crippen LogP contribution is 2.29. The van der Waals surface area contributed by atoms with Gasteiger partial charge >= 0.3 is 0 Å². The van der Waals surface area contributed by atoms with Gasteiger partial charge in [-0.15, -0.1) is 0 Å². The standard InChI is InChI=1S/C15H14BrClO2/c1-19-12-6-7-14(16)13(9-12)15(18)8-10-2-4-11(17)5-3-10/h2-7,9,15,18H,8H2,1H3. The van der Waals surface area contributed by atoms with Crippen LogP contribution >= 0.6 is 27.5 Å². The summed E-state index contributed by atoms with van der Waals surface area (Å²) in [6.45, 7) is 0. The van der Waals surface area contributed by atoms with Crippen molar-refractivity contribution in [2.45, 2.75) is 12.5 Å². The highest BCUT2D eigenvalue weighted by atomic mass is 79.9. The number of rotatable bonds is 4. The van der Waals surface area contributed by atoms with E-state index in [1.54, 1.807) is 7.11 Å². The predicted molar refractivity (Wildman–Crippen MR) is 80.8 cm³/mol. The molecule has 2 nitrogen and oxygen atoms in total. The lowest BCUT2D eigenvalue weighted by Crippen LogP contribution is -2.03. The lowest BCUT2D eigenvalue weighted by Gasteiger charge is -2.14. The first-order valence-electron chi connectivity index (χ1n) is 5.86. The Kier molecular flexibility index (Phi) is 4.86. The molecule has 2 aromatic carbocycles. The summed E-state index contributed by atoms with van der Waals surface area (Å²) >= 11 is 9.29. The minimum absolute atomic E-state index is 0.531. The molecular formula is C15H14BrClO2. The SMILES string of the molecule is COc1ccc(Br)c(C(O)Cc2ccc(Cl)cc2)c1. The van der Waals surface area contributed by atoms with Gasteiger partial charge in [0, 0.05) is 15.9 Å². The summed E-state index contributed by atoms with van der Waals surface area (Å²) in [5.41, 5.74) is 1.85. The van der Waals surface area contributed by atoms with E-state index in [4.69, 9.17) is 16.3 Å². The quantitative estimate of drug-likeness (QED) is 0.894. The monoisotopic (exact) mass is 340 g/mol. The average molecular weight is 342 g/mol. The van der Waals surface area contributed by atoms with Crippen molar-refractivity contribution < 1.29 is 9.84 Å². The summed E-state index contributed by atoms with van der Waals surface area (Å²) in [6, 6.07) is 13.0. The number of aliphatic hydroxyl groups is 1.